The molecular weight excluding hydrogens is 198 g/mol. The third kappa shape index (κ3) is 2.47. The van der Waals surface area contributed by atoms with Crippen molar-refractivity contribution < 1.29 is 0 Å². The number of thioether (sulfide) groups is 1. The molecule has 1 heterocycles. The number of nitrogens with zero attached hydrogens (tertiary/aromatic N) is 4. The van der Waals surface area contributed by atoms with E-state index >= 15 is 0 Å². The molecule has 0 aliphatic carbocycles. The average molecular weight is 213 g/mol. The summed E-state index contributed by atoms with van der Waals surface area (Å²) < 4.78 is 0. The van der Waals surface area contributed by atoms with E-state index in [0.29, 0.717) is 5.95 Å². The van der Waals surface area contributed by atoms with Gasteiger partial charge in [0, 0.05) is 14.1 Å². The first kappa shape index (κ1) is 11.0. The number of hydrogen-bond acceptors (Lipinski definition) is 6. The molecule has 1 aromatic heterocycles. The number of anilines is 2. The molecule has 0 spiro atoms. The van der Waals surface area contributed by atoms with Crippen LogP contribution >= 0.6 is 11.8 Å². The molecule has 0 bridgehead atoms. The molecule has 0 amide bonds. The predicted octanol–water partition coefficient (Wildman–Crippen LogP) is 0.944. The van der Waals surface area contributed by atoms with Gasteiger partial charge in [-0.05, 0) is 13.2 Å². The minimum atomic E-state index is 0.235. The van der Waals surface area contributed by atoms with Gasteiger partial charge in [0.2, 0.25) is 11.9 Å². The maximum Gasteiger partial charge on any atom is 0.229 e. The summed E-state index contributed by atoms with van der Waals surface area (Å²) in [7, 11) is 3.75. The molecule has 0 radical (unpaired) electrons. The molecule has 5 nitrogen and oxygen atoms in total. The van der Waals surface area contributed by atoms with E-state index in [1.165, 1.54) is 0 Å². The van der Waals surface area contributed by atoms with Crippen molar-refractivity contribution in [1.29, 1.82) is 0 Å². The molecule has 14 heavy (non-hydrogen) atoms. The van der Waals surface area contributed by atoms with Crippen molar-refractivity contribution in [3.8, 4) is 0 Å². The fraction of sp³-hybridized carbons (Fsp3) is 0.625. The van der Waals surface area contributed by atoms with Gasteiger partial charge in [-0.25, -0.2) is 0 Å². The Balaban J connectivity index is 3.07. The quantitative estimate of drug-likeness (QED) is 0.806. The number of nitrogens with two attached hydrogens (primary N) is 1. The van der Waals surface area contributed by atoms with Crippen LogP contribution in [0, 0.1) is 0 Å². The topological polar surface area (TPSA) is 67.9 Å². The van der Waals surface area contributed by atoms with E-state index in [0.717, 1.165) is 5.82 Å². The highest BCUT2D eigenvalue weighted by Crippen LogP contribution is 2.23. The molecule has 1 aromatic rings. The van der Waals surface area contributed by atoms with Crippen LogP contribution in [0.5, 0.6) is 0 Å². The maximum absolute atomic E-state index is 5.59. The van der Waals surface area contributed by atoms with Crippen molar-refractivity contribution in [3.05, 3.63) is 5.82 Å². The van der Waals surface area contributed by atoms with Gasteiger partial charge in [-0.3, -0.25) is 0 Å². The van der Waals surface area contributed by atoms with Crippen LogP contribution in [0.4, 0.5) is 11.9 Å². The highest BCUT2D eigenvalue weighted by molar-refractivity contribution is 7.98. The smallest absolute Gasteiger partial charge is 0.229 e. The van der Waals surface area contributed by atoms with E-state index in [4.69, 9.17) is 5.73 Å². The third-order valence-corrected chi connectivity index (χ3v) is 2.69. The highest BCUT2D eigenvalue weighted by atomic mass is 32.2. The summed E-state index contributed by atoms with van der Waals surface area (Å²) in [5, 5.41) is 0.235. The summed E-state index contributed by atoms with van der Waals surface area (Å²) in [6.45, 7) is 2.04. The number of aromatic nitrogens is 3. The van der Waals surface area contributed by atoms with E-state index in [1.54, 1.807) is 11.8 Å². The summed E-state index contributed by atoms with van der Waals surface area (Å²) in [6.07, 6.45) is 2.01. The molecule has 0 saturated heterocycles. The molecule has 1 atom stereocenters. The molecule has 0 fully saturated rings. The molecule has 2 N–H and O–H groups in total. The lowest BCUT2D eigenvalue weighted by Gasteiger charge is -2.13. The lowest BCUT2D eigenvalue weighted by molar-refractivity contribution is 0.866. The lowest BCUT2D eigenvalue weighted by atomic mass is 10.4. The van der Waals surface area contributed by atoms with Gasteiger partial charge in [-0.1, -0.05) is 0 Å². The molecule has 78 valence electrons. The second-order valence-corrected chi connectivity index (χ2v) is 4.30. The van der Waals surface area contributed by atoms with Gasteiger partial charge in [0.25, 0.3) is 0 Å². The third-order valence-electron chi connectivity index (χ3n) is 1.78. The zero-order valence-corrected chi connectivity index (χ0v) is 9.67. The van der Waals surface area contributed by atoms with Gasteiger partial charge in [-0.2, -0.15) is 26.7 Å². The summed E-state index contributed by atoms with van der Waals surface area (Å²) in [6, 6.07) is 0. The van der Waals surface area contributed by atoms with Crippen LogP contribution in [0.3, 0.4) is 0 Å². The summed E-state index contributed by atoms with van der Waals surface area (Å²) in [5.41, 5.74) is 5.59. The van der Waals surface area contributed by atoms with E-state index in [9.17, 15) is 0 Å². The van der Waals surface area contributed by atoms with Crippen molar-refractivity contribution in [2.75, 3.05) is 31.0 Å². The highest BCUT2D eigenvalue weighted by Gasteiger charge is 2.11. The largest absolute Gasteiger partial charge is 0.368 e. The van der Waals surface area contributed by atoms with Gasteiger partial charge >= 0.3 is 0 Å². The van der Waals surface area contributed by atoms with Crippen molar-refractivity contribution in [2.45, 2.75) is 12.2 Å². The van der Waals surface area contributed by atoms with Gasteiger partial charge in [0.1, 0.15) is 5.82 Å². The molecule has 0 aliphatic rings. The van der Waals surface area contributed by atoms with Crippen LogP contribution in [0.25, 0.3) is 0 Å². The van der Waals surface area contributed by atoms with Crippen LogP contribution in [-0.4, -0.2) is 35.3 Å². The predicted molar refractivity (Wildman–Crippen MR) is 60.5 cm³/mol. The van der Waals surface area contributed by atoms with Gasteiger partial charge in [0.15, 0.2) is 0 Å². The van der Waals surface area contributed by atoms with E-state index in [2.05, 4.69) is 15.0 Å². The average Bonchev–Trinajstić information content (AvgIpc) is 2.15. The van der Waals surface area contributed by atoms with Crippen LogP contribution in [-0.2, 0) is 0 Å². The van der Waals surface area contributed by atoms with Gasteiger partial charge < -0.3 is 10.6 Å². The van der Waals surface area contributed by atoms with Crippen LogP contribution in [0.2, 0.25) is 0 Å². The molecule has 0 saturated carbocycles. The minimum Gasteiger partial charge on any atom is -0.368 e. The van der Waals surface area contributed by atoms with Crippen molar-refractivity contribution in [1.82, 2.24) is 15.0 Å². The fourth-order valence-electron chi connectivity index (χ4n) is 0.884. The zero-order chi connectivity index (χ0) is 10.7. The van der Waals surface area contributed by atoms with E-state index < -0.39 is 0 Å². The molecule has 1 rings (SSSR count). The lowest BCUT2D eigenvalue weighted by Crippen LogP contribution is -2.16. The first-order chi connectivity index (χ1) is 6.54. The first-order valence-electron chi connectivity index (χ1n) is 4.26. The Kier molecular flexibility index (Phi) is 3.51. The van der Waals surface area contributed by atoms with Crippen LogP contribution in [0.15, 0.2) is 0 Å². The van der Waals surface area contributed by atoms with E-state index in [1.807, 2.05) is 32.2 Å². The Labute approximate surface area is 88.1 Å². The number of nitrogen functional groups attached to an aromatic ring is 1. The Morgan fingerprint density at radius 1 is 1.29 bits per heavy atom. The van der Waals surface area contributed by atoms with Crippen LogP contribution in [0.1, 0.15) is 18.0 Å². The number of hydrogen-bond donors (Lipinski definition) is 1. The molecule has 0 aromatic carbocycles. The second-order valence-electron chi connectivity index (χ2n) is 3.12. The SMILES string of the molecule is CSC(C)c1nc(N)nc(N(C)C)n1. The molecule has 0 aliphatic heterocycles. The van der Waals surface area contributed by atoms with Crippen LogP contribution < -0.4 is 10.6 Å². The minimum absolute atomic E-state index is 0.235. The van der Waals surface area contributed by atoms with E-state index in [-0.39, 0.29) is 11.2 Å². The van der Waals surface area contributed by atoms with Crippen molar-refractivity contribution >= 4 is 23.7 Å². The molecule has 6 heteroatoms. The number of rotatable bonds is 3. The van der Waals surface area contributed by atoms with Crippen molar-refractivity contribution in [3.63, 3.8) is 0 Å². The Bertz CT molecular complexity index is 315. The Morgan fingerprint density at radius 3 is 2.43 bits per heavy atom. The summed E-state index contributed by atoms with van der Waals surface area (Å²) in [5.74, 6) is 1.61. The monoisotopic (exact) mass is 213 g/mol. The second kappa shape index (κ2) is 4.45. The molecule has 1 unspecified atom stereocenters. The standard InChI is InChI=1S/C8H15N5S/c1-5(14-4)6-10-7(9)12-8(11-6)13(2)3/h5H,1-4H3,(H2,9,10,11,12). The summed E-state index contributed by atoms with van der Waals surface area (Å²) in [4.78, 5) is 14.2. The van der Waals surface area contributed by atoms with Crippen molar-refractivity contribution in [2.24, 2.45) is 0 Å². The maximum atomic E-state index is 5.59. The van der Waals surface area contributed by atoms with Gasteiger partial charge in [0.05, 0.1) is 5.25 Å². The van der Waals surface area contributed by atoms with Gasteiger partial charge in [-0.15, -0.1) is 0 Å². The Morgan fingerprint density at radius 2 is 1.93 bits per heavy atom. The fourth-order valence-corrected chi connectivity index (χ4v) is 1.20. The normalized spacial score (nSPS) is 12.6. The molecular formula is C8H15N5S. The Hall–Kier alpha value is -1.04. The first-order valence-corrected chi connectivity index (χ1v) is 5.55. The summed E-state index contributed by atoms with van der Waals surface area (Å²) >= 11 is 1.68. The zero-order valence-electron chi connectivity index (χ0n) is 8.85.